The van der Waals surface area contributed by atoms with Gasteiger partial charge < -0.3 is 10.3 Å². The van der Waals surface area contributed by atoms with E-state index in [1.807, 2.05) is 20.8 Å². The molecule has 1 atom stereocenters. The number of alkyl halides is 3. The maximum absolute atomic E-state index is 13.6. The first-order valence-electron chi connectivity index (χ1n) is 8.24. The molecule has 8 heteroatoms. The van der Waals surface area contributed by atoms with E-state index in [0.29, 0.717) is 11.5 Å². The molecule has 0 aliphatic heterocycles. The van der Waals surface area contributed by atoms with Gasteiger partial charge in [0.1, 0.15) is 5.82 Å². The fraction of sp³-hybridized carbons (Fsp3) is 0.500. The lowest BCUT2D eigenvalue weighted by atomic mass is 9.90. The number of nitrogens with one attached hydrogen (secondary N) is 1. The van der Waals surface area contributed by atoms with Crippen LogP contribution in [0, 0.1) is 11.7 Å². The van der Waals surface area contributed by atoms with Crippen molar-refractivity contribution in [3.63, 3.8) is 0 Å². The zero-order valence-corrected chi connectivity index (χ0v) is 15.3. The molecule has 1 aromatic rings. The first-order valence-corrected chi connectivity index (χ1v) is 8.24. The van der Waals surface area contributed by atoms with Gasteiger partial charge in [-0.15, -0.1) is 0 Å². The summed E-state index contributed by atoms with van der Waals surface area (Å²) in [7, 11) is 1.32. The molecule has 0 saturated heterocycles. The molecule has 0 spiro atoms. The van der Waals surface area contributed by atoms with Crippen molar-refractivity contribution in [3.8, 4) is 0 Å². The van der Waals surface area contributed by atoms with Gasteiger partial charge in [0.2, 0.25) is 0 Å². The third-order valence-corrected chi connectivity index (χ3v) is 3.66. The van der Waals surface area contributed by atoms with Gasteiger partial charge in [0.25, 0.3) is 5.91 Å². The van der Waals surface area contributed by atoms with Crippen LogP contribution >= 0.6 is 0 Å². The summed E-state index contributed by atoms with van der Waals surface area (Å²) < 4.78 is 51.8. The average Bonchev–Trinajstić information content (AvgIpc) is 2.45. The van der Waals surface area contributed by atoms with Crippen LogP contribution in [-0.2, 0) is 4.79 Å². The maximum atomic E-state index is 13.6. The largest absolute Gasteiger partial charge is 0.393 e. The number of nitrogens with zero attached hydrogens (tertiary/aromatic N) is 1. The van der Waals surface area contributed by atoms with E-state index in [-0.39, 0.29) is 11.6 Å². The van der Waals surface area contributed by atoms with Gasteiger partial charge in [-0.3, -0.25) is 4.79 Å². The number of rotatable bonds is 7. The first-order chi connectivity index (χ1) is 11.9. The Morgan fingerprint density at radius 2 is 1.92 bits per heavy atom. The van der Waals surface area contributed by atoms with Crippen LogP contribution in [0.25, 0.3) is 0 Å². The highest BCUT2D eigenvalue weighted by Gasteiger charge is 2.32. The number of nitrogens with two attached hydrogens (primary N) is 1. The number of carbonyl (C=O) groups excluding carboxylic acids is 1. The van der Waals surface area contributed by atoms with E-state index in [2.05, 4.69) is 5.32 Å². The predicted octanol–water partition coefficient (Wildman–Crippen LogP) is 4.56. The Morgan fingerprint density at radius 1 is 1.31 bits per heavy atom. The number of hydrogen-bond donors (Lipinski definition) is 2. The molecule has 1 amide bonds. The van der Waals surface area contributed by atoms with E-state index in [9.17, 15) is 22.4 Å². The first kappa shape index (κ1) is 22.0. The Bertz CT molecular complexity index is 654. The Morgan fingerprint density at radius 3 is 2.42 bits per heavy atom. The molecule has 0 saturated carbocycles. The number of benzene rings is 1. The highest BCUT2D eigenvalue weighted by molar-refractivity contribution is 6.04. The number of anilines is 1. The molecule has 146 valence electrons. The fourth-order valence-corrected chi connectivity index (χ4v) is 2.74. The van der Waals surface area contributed by atoms with E-state index in [1.54, 1.807) is 0 Å². The van der Waals surface area contributed by atoms with Crippen molar-refractivity contribution in [3.05, 3.63) is 41.4 Å². The minimum atomic E-state index is -4.56. The third-order valence-electron chi connectivity index (χ3n) is 3.66. The van der Waals surface area contributed by atoms with Crippen molar-refractivity contribution in [1.82, 2.24) is 5.01 Å². The summed E-state index contributed by atoms with van der Waals surface area (Å²) in [5, 5.41) is 3.35. The van der Waals surface area contributed by atoms with Crippen LogP contribution in [0.5, 0.6) is 0 Å². The van der Waals surface area contributed by atoms with E-state index < -0.39 is 29.9 Å². The molecule has 3 N–H and O–H groups in total. The van der Waals surface area contributed by atoms with E-state index in [4.69, 9.17) is 5.84 Å². The van der Waals surface area contributed by atoms with E-state index in [1.165, 1.54) is 19.2 Å². The quantitative estimate of drug-likeness (QED) is 0.318. The highest BCUT2D eigenvalue weighted by atomic mass is 19.4. The third kappa shape index (κ3) is 7.43. The molecular formula is C18H25F4N3O. The minimum Gasteiger partial charge on any atom is -0.322 e. The molecule has 4 nitrogen and oxygen atoms in total. The molecule has 0 fully saturated rings. The number of halogens is 4. The van der Waals surface area contributed by atoms with Gasteiger partial charge in [-0.2, -0.15) is 13.2 Å². The second-order valence-corrected chi connectivity index (χ2v) is 6.83. The van der Waals surface area contributed by atoms with Gasteiger partial charge in [0.05, 0.1) is 6.42 Å². The van der Waals surface area contributed by atoms with Crippen LogP contribution in [0.4, 0.5) is 23.2 Å². The Labute approximate surface area is 151 Å². The summed E-state index contributed by atoms with van der Waals surface area (Å²) in [6, 6.07) is 3.81. The Kier molecular flexibility index (Phi) is 7.62. The Hall–Kier alpha value is -2.09. The minimum absolute atomic E-state index is 0.0757. The standard InChI is InChI=1S/C18H25F4N3O/c1-11(2)7-12(3)15-8-14(19)5-6-16(15)24-17(26)13(10-25(4)23)9-18(20,21)22/h5-6,8,10-12H,7,9,23H2,1-4H3,(H,24,26)/b13-10+. The van der Waals surface area contributed by atoms with Crippen LogP contribution < -0.4 is 11.2 Å². The Balaban J connectivity index is 3.13. The van der Waals surface area contributed by atoms with Gasteiger partial charge in [-0.1, -0.05) is 20.8 Å². The lowest BCUT2D eigenvalue weighted by Crippen LogP contribution is -2.26. The molecule has 0 aromatic heterocycles. The van der Waals surface area contributed by atoms with Crippen LogP contribution in [0.15, 0.2) is 30.0 Å². The molecular weight excluding hydrogens is 350 g/mol. The molecule has 1 unspecified atom stereocenters. The van der Waals surface area contributed by atoms with Crippen LogP contribution in [0.1, 0.15) is 45.1 Å². The number of amides is 1. The van der Waals surface area contributed by atoms with E-state index in [0.717, 1.165) is 23.7 Å². The van der Waals surface area contributed by atoms with Crippen LogP contribution in [0.3, 0.4) is 0 Å². The van der Waals surface area contributed by atoms with E-state index >= 15 is 0 Å². The molecule has 1 rings (SSSR count). The summed E-state index contributed by atoms with van der Waals surface area (Å²) in [5.41, 5.74) is 0.297. The van der Waals surface area contributed by atoms with Gasteiger partial charge in [0.15, 0.2) is 0 Å². The zero-order valence-electron chi connectivity index (χ0n) is 15.3. The van der Waals surface area contributed by atoms with Crippen molar-refractivity contribution in [2.75, 3.05) is 12.4 Å². The molecule has 0 heterocycles. The summed E-state index contributed by atoms with van der Waals surface area (Å²) in [5.74, 6) is 4.22. The average molecular weight is 375 g/mol. The molecule has 0 bridgehead atoms. The predicted molar refractivity (Wildman–Crippen MR) is 93.6 cm³/mol. The lowest BCUT2D eigenvalue weighted by molar-refractivity contribution is -0.132. The van der Waals surface area contributed by atoms with Crippen molar-refractivity contribution in [2.24, 2.45) is 11.8 Å². The van der Waals surface area contributed by atoms with Crippen molar-refractivity contribution < 1.29 is 22.4 Å². The smallest absolute Gasteiger partial charge is 0.322 e. The summed E-state index contributed by atoms with van der Waals surface area (Å²) in [6.45, 7) is 5.90. The molecule has 0 radical (unpaired) electrons. The summed E-state index contributed by atoms with van der Waals surface area (Å²) in [6.07, 6.45) is -4.32. The molecule has 1 aromatic carbocycles. The fourth-order valence-electron chi connectivity index (χ4n) is 2.74. The van der Waals surface area contributed by atoms with Crippen molar-refractivity contribution in [1.29, 1.82) is 0 Å². The van der Waals surface area contributed by atoms with Crippen LogP contribution in [-0.4, -0.2) is 24.1 Å². The van der Waals surface area contributed by atoms with Gasteiger partial charge in [-0.25, -0.2) is 10.2 Å². The maximum Gasteiger partial charge on any atom is 0.393 e. The zero-order chi connectivity index (χ0) is 20.1. The summed E-state index contributed by atoms with van der Waals surface area (Å²) in [4.78, 5) is 12.4. The van der Waals surface area contributed by atoms with Gasteiger partial charge in [-0.05, 0) is 42.0 Å². The summed E-state index contributed by atoms with van der Waals surface area (Å²) >= 11 is 0. The topological polar surface area (TPSA) is 58.4 Å². The van der Waals surface area contributed by atoms with Crippen molar-refractivity contribution >= 4 is 11.6 Å². The van der Waals surface area contributed by atoms with Crippen LogP contribution in [0.2, 0.25) is 0 Å². The highest BCUT2D eigenvalue weighted by Crippen LogP contribution is 2.31. The van der Waals surface area contributed by atoms with Gasteiger partial charge >= 0.3 is 6.18 Å². The number of hydrogen-bond acceptors (Lipinski definition) is 3. The number of carbonyl (C=O) groups is 1. The number of hydrazine groups is 1. The lowest BCUT2D eigenvalue weighted by Gasteiger charge is -2.20. The second-order valence-electron chi connectivity index (χ2n) is 6.83. The SMILES string of the molecule is CC(C)CC(C)c1cc(F)ccc1NC(=O)/C(=C/N(C)N)CC(F)(F)F. The van der Waals surface area contributed by atoms with Gasteiger partial charge in [0, 0.05) is 24.5 Å². The van der Waals surface area contributed by atoms with Crippen molar-refractivity contribution in [2.45, 2.75) is 45.7 Å². The molecule has 26 heavy (non-hydrogen) atoms. The molecule has 0 aliphatic rings. The second kappa shape index (κ2) is 9.02. The monoisotopic (exact) mass is 375 g/mol. The molecule has 0 aliphatic carbocycles. The normalized spacial score (nSPS) is 13.7.